The van der Waals surface area contributed by atoms with Crippen LogP contribution in [0.25, 0.3) is 0 Å². The Hall–Kier alpha value is -1.22. The minimum absolute atomic E-state index is 0.174. The summed E-state index contributed by atoms with van der Waals surface area (Å²) in [7, 11) is 1.64. The topological polar surface area (TPSA) is 38.7 Å². The highest BCUT2D eigenvalue weighted by molar-refractivity contribution is 5.43. The molecule has 110 valence electrons. The Labute approximate surface area is 120 Å². The fourth-order valence-electron chi connectivity index (χ4n) is 3.69. The van der Waals surface area contributed by atoms with Crippen molar-refractivity contribution in [2.24, 2.45) is 11.8 Å². The van der Waals surface area contributed by atoms with E-state index in [1.165, 1.54) is 6.42 Å². The number of hydrogen-bond acceptors (Lipinski definition) is 3. The van der Waals surface area contributed by atoms with Crippen LogP contribution in [0.15, 0.2) is 18.2 Å². The molecule has 1 aromatic rings. The van der Waals surface area contributed by atoms with Crippen LogP contribution in [0.4, 0.5) is 0 Å². The van der Waals surface area contributed by atoms with Gasteiger partial charge in [-0.25, -0.2) is 0 Å². The van der Waals surface area contributed by atoms with Crippen molar-refractivity contribution in [1.82, 2.24) is 0 Å². The summed E-state index contributed by atoms with van der Waals surface area (Å²) in [6.45, 7) is 4.61. The molecule has 3 rings (SSSR count). The fourth-order valence-corrected chi connectivity index (χ4v) is 3.69. The molecule has 4 atom stereocenters. The van der Waals surface area contributed by atoms with Crippen LogP contribution in [0.2, 0.25) is 0 Å². The van der Waals surface area contributed by atoms with Crippen LogP contribution in [-0.2, 0) is 0 Å². The molecule has 3 unspecified atom stereocenters. The molecule has 20 heavy (non-hydrogen) atoms. The third-order valence-electron chi connectivity index (χ3n) is 5.19. The van der Waals surface area contributed by atoms with Gasteiger partial charge in [-0.15, -0.1) is 0 Å². The largest absolute Gasteiger partial charge is 0.497 e. The van der Waals surface area contributed by atoms with Gasteiger partial charge in [-0.2, -0.15) is 0 Å². The Kier molecular flexibility index (Phi) is 3.41. The Bertz CT molecular complexity index is 499. The van der Waals surface area contributed by atoms with E-state index in [4.69, 9.17) is 9.47 Å². The van der Waals surface area contributed by atoms with Crippen LogP contribution >= 0.6 is 0 Å². The van der Waals surface area contributed by atoms with Crippen LogP contribution < -0.4 is 9.47 Å². The zero-order chi connectivity index (χ0) is 14.3. The van der Waals surface area contributed by atoms with Crippen LogP contribution in [0.5, 0.6) is 11.5 Å². The van der Waals surface area contributed by atoms with Crippen molar-refractivity contribution in [1.29, 1.82) is 0 Å². The second kappa shape index (κ2) is 4.96. The Morgan fingerprint density at radius 3 is 2.75 bits per heavy atom. The van der Waals surface area contributed by atoms with E-state index >= 15 is 0 Å². The summed E-state index contributed by atoms with van der Waals surface area (Å²) in [5.74, 6) is 2.99. The summed E-state index contributed by atoms with van der Waals surface area (Å²) in [5, 5.41) is 10.5. The number of aliphatic hydroxyl groups is 1. The summed E-state index contributed by atoms with van der Waals surface area (Å²) < 4.78 is 11.6. The molecule has 1 N–H and O–H groups in total. The second-order valence-electron chi connectivity index (χ2n) is 6.61. The molecule has 2 aliphatic rings. The molecular formula is C17H24O3. The minimum atomic E-state index is -0.450. The van der Waals surface area contributed by atoms with Gasteiger partial charge in [-0.3, -0.25) is 0 Å². The minimum Gasteiger partial charge on any atom is -0.497 e. The molecule has 1 aliphatic carbocycles. The summed E-state index contributed by atoms with van der Waals surface area (Å²) in [6, 6.07) is 5.72. The third kappa shape index (κ3) is 2.28. The highest BCUT2D eigenvalue weighted by Gasteiger charge is 2.44. The van der Waals surface area contributed by atoms with E-state index in [0.29, 0.717) is 12.3 Å². The number of ether oxygens (including phenoxy) is 2. The third-order valence-corrected chi connectivity index (χ3v) is 5.19. The summed E-state index contributed by atoms with van der Waals surface area (Å²) in [5.41, 5.74) is 0.689. The normalized spacial score (nSPS) is 36.3. The zero-order valence-electron chi connectivity index (χ0n) is 12.6. The molecule has 0 aromatic heterocycles. The number of methoxy groups -OCH3 is 1. The SMILES string of the molecule is COc1ccc2c(c1)[C@H](O)CC1(CCC(C)C(C)C1)O2. The van der Waals surface area contributed by atoms with E-state index in [2.05, 4.69) is 13.8 Å². The van der Waals surface area contributed by atoms with Gasteiger partial charge < -0.3 is 14.6 Å². The van der Waals surface area contributed by atoms with E-state index in [0.717, 1.165) is 35.8 Å². The van der Waals surface area contributed by atoms with Crippen molar-refractivity contribution < 1.29 is 14.6 Å². The van der Waals surface area contributed by atoms with E-state index < -0.39 is 6.10 Å². The van der Waals surface area contributed by atoms with Crippen molar-refractivity contribution in [3.05, 3.63) is 23.8 Å². The maximum absolute atomic E-state index is 10.5. The first-order valence-electron chi connectivity index (χ1n) is 7.58. The van der Waals surface area contributed by atoms with E-state index in [-0.39, 0.29) is 5.60 Å². The maximum Gasteiger partial charge on any atom is 0.126 e. The predicted octanol–water partition coefficient (Wildman–Crippen LogP) is 3.71. The number of hydrogen-bond donors (Lipinski definition) is 1. The number of aliphatic hydroxyl groups excluding tert-OH is 1. The monoisotopic (exact) mass is 276 g/mol. The molecule has 0 radical (unpaired) electrons. The quantitative estimate of drug-likeness (QED) is 0.850. The van der Waals surface area contributed by atoms with E-state index in [1.807, 2.05) is 18.2 Å². The van der Waals surface area contributed by atoms with Gasteiger partial charge in [0.15, 0.2) is 0 Å². The zero-order valence-corrected chi connectivity index (χ0v) is 12.6. The lowest BCUT2D eigenvalue weighted by atomic mass is 9.69. The van der Waals surface area contributed by atoms with Crippen LogP contribution in [0.1, 0.15) is 51.2 Å². The first-order chi connectivity index (χ1) is 9.53. The lowest BCUT2D eigenvalue weighted by Crippen LogP contribution is -2.46. The molecular weight excluding hydrogens is 252 g/mol. The Morgan fingerprint density at radius 2 is 2.05 bits per heavy atom. The molecule has 0 amide bonds. The summed E-state index contributed by atoms with van der Waals surface area (Å²) >= 11 is 0. The van der Waals surface area contributed by atoms with Crippen molar-refractivity contribution in [2.75, 3.05) is 7.11 Å². The lowest BCUT2D eigenvalue weighted by molar-refractivity contribution is -0.0602. The summed E-state index contributed by atoms with van der Waals surface area (Å²) in [6.07, 6.45) is 3.51. The fraction of sp³-hybridized carbons (Fsp3) is 0.647. The highest BCUT2D eigenvalue weighted by atomic mass is 16.5. The van der Waals surface area contributed by atoms with Gasteiger partial charge in [-0.1, -0.05) is 13.8 Å². The first kappa shape index (κ1) is 13.7. The molecule has 1 fully saturated rings. The smallest absolute Gasteiger partial charge is 0.126 e. The van der Waals surface area contributed by atoms with Gasteiger partial charge in [0.2, 0.25) is 0 Å². The molecule has 0 saturated heterocycles. The van der Waals surface area contributed by atoms with Crippen molar-refractivity contribution in [3.8, 4) is 11.5 Å². The van der Waals surface area contributed by atoms with Crippen molar-refractivity contribution in [3.63, 3.8) is 0 Å². The van der Waals surface area contributed by atoms with Gasteiger partial charge in [0.25, 0.3) is 0 Å². The molecule has 1 aliphatic heterocycles. The van der Waals surface area contributed by atoms with E-state index in [9.17, 15) is 5.11 Å². The standard InChI is InChI=1S/C17H24O3/c1-11-6-7-17(9-12(11)2)10-15(18)14-8-13(19-3)4-5-16(14)20-17/h4-5,8,11-12,15,18H,6-7,9-10H2,1-3H3/t11?,12?,15-,17?/m1/s1. The Balaban J connectivity index is 1.89. The van der Waals surface area contributed by atoms with Gasteiger partial charge in [0.05, 0.1) is 13.2 Å². The molecule has 3 heteroatoms. The first-order valence-corrected chi connectivity index (χ1v) is 7.58. The highest BCUT2D eigenvalue weighted by Crippen LogP contribution is 2.49. The molecule has 3 nitrogen and oxygen atoms in total. The lowest BCUT2D eigenvalue weighted by Gasteiger charge is -2.46. The number of rotatable bonds is 1. The number of fused-ring (bicyclic) bond motifs is 1. The Morgan fingerprint density at radius 1 is 1.25 bits per heavy atom. The number of benzene rings is 1. The van der Waals surface area contributed by atoms with Gasteiger partial charge in [0, 0.05) is 12.0 Å². The van der Waals surface area contributed by atoms with Crippen LogP contribution in [-0.4, -0.2) is 17.8 Å². The average Bonchev–Trinajstić information content (AvgIpc) is 2.43. The molecule has 1 saturated carbocycles. The van der Waals surface area contributed by atoms with E-state index in [1.54, 1.807) is 7.11 Å². The maximum atomic E-state index is 10.5. The predicted molar refractivity (Wildman–Crippen MR) is 78.1 cm³/mol. The summed E-state index contributed by atoms with van der Waals surface area (Å²) in [4.78, 5) is 0. The van der Waals surface area contributed by atoms with Crippen LogP contribution in [0.3, 0.4) is 0 Å². The van der Waals surface area contributed by atoms with Crippen LogP contribution in [0, 0.1) is 11.8 Å². The molecule has 0 bridgehead atoms. The van der Waals surface area contributed by atoms with Crippen molar-refractivity contribution >= 4 is 0 Å². The van der Waals surface area contributed by atoms with Crippen molar-refractivity contribution in [2.45, 2.75) is 51.2 Å². The average molecular weight is 276 g/mol. The molecule has 1 heterocycles. The molecule has 1 spiro atoms. The van der Waals surface area contributed by atoms with Gasteiger partial charge in [0.1, 0.15) is 17.1 Å². The second-order valence-corrected chi connectivity index (χ2v) is 6.61. The van der Waals surface area contributed by atoms with Gasteiger partial charge in [-0.05, 0) is 49.3 Å². The van der Waals surface area contributed by atoms with Gasteiger partial charge >= 0.3 is 0 Å². The molecule has 1 aromatic carbocycles.